The fourth-order valence-electron chi connectivity index (χ4n) is 1.85. The molecular weight excluding hydrogens is 325 g/mol. The van der Waals surface area contributed by atoms with E-state index in [0.717, 1.165) is 12.1 Å². The zero-order valence-electron chi connectivity index (χ0n) is 12.3. The van der Waals surface area contributed by atoms with Gasteiger partial charge in [-0.05, 0) is 17.7 Å². The van der Waals surface area contributed by atoms with Crippen molar-refractivity contribution in [3.8, 4) is 5.75 Å². The number of primary amides is 1. The van der Waals surface area contributed by atoms with Gasteiger partial charge in [0.05, 0.1) is 6.54 Å². The second-order valence-corrected chi connectivity index (χ2v) is 4.83. The van der Waals surface area contributed by atoms with Gasteiger partial charge in [0.25, 0.3) is 5.91 Å². The quantitative estimate of drug-likeness (QED) is 0.844. The van der Waals surface area contributed by atoms with Crippen molar-refractivity contribution in [3.05, 3.63) is 65.0 Å². The third-order valence-corrected chi connectivity index (χ3v) is 2.98. The minimum Gasteiger partial charge on any atom is -0.489 e. The predicted molar refractivity (Wildman–Crippen MR) is 78.6 cm³/mol. The van der Waals surface area contributed by atoms with Crippen LogP contribution in [-0.4, -0.2) is 18.4 Å². The maximum Gasteiger partial charge on any atom is 0.257 e. The zero-order valence-corrected chi connectivity index (χ0v) is 12.3. The van der Waals surface area contributed by atoms with Gasteiger partial charge >= 0.3 is 0 Å². The van der Waals surface area contributed by atoms with E-state index < -0.39 is 41.4 Å². The highest BCUT2D eigenvalue weighted by Gasteiger charge is 2.19. The van der Waals surface area contributed by atoms with Gasteiger partial charge in [-0.3, -0.25) is 9.59 Å². The molecule has 2 rings (SSSR count). The van der Waals surface area contributed by atoms with E-state index in [1.54, 1.807) is 0 Å². The Morgan fingerprint density at radius 3 is 2.17 bits per heavy atom. The Bertz CT molecular complexity index is 741. The minimum absolute atomic E-state index is 0.0353. The molecule has 0 heterocycles. The SMILES string of the molecule is NC(=O)CNC(=O)c1c(F)cc(OCc2ccc(F)cc2)cc1F. The number of hydrogen-bond donors (Lipinski definition) is 2. The monoisotopic (exact) mass is 338 g/mol. The summed E-state index contributed by atoms with van der Waals surface area (Å²) in [6.07, 6.45) is 0. The van der Waals surface area contributed by atoms with Crippen LogP contribution in [0.2, 0.25) is 0 Å². The molecular formula is C16H13F3N2O3. The second kappa shape index (κ2) is 7.49. The van der Waals surface area contributed by atoms with Gasteiger partial charge in [-0.25, -0.2) is 13.2 Å². The number of carbonyl (C=O) groups excluding carboxylic acids is 2. The van der Waals surface area contributed by atoms with Crippen molar-refractivity contribution >= 4 is 11.8 Å². The first-order valence-electron chi connectivity index (χ1n) is 6.79. The van der Waals surface area contributed by atoms with Crippen LogP contribution in [0.1, 0.15) is 15.9 Å². The maximum atomic E-state index is 13.9. The Morgan fingerprint density at radius 1 is 1.04 bits per heavy atom. The molecule has 2 aromatic rings. The van der Waals surface area contributed by atoms with Crippen LogP contribution in [0.3, 0.4) is 0 Å². The number of amides is 2. The maximum absolute atomic E-state index is 13.9. The number of nitrogens with one attached hydrogen (secondary N) is 1. The van der Waals surface area contributed by atoms with Crippen molar-refractivity contribution in [2.24, 2.45) is 5.73 Å². The molecule has 5 nitrogen and oxygen atoms in total. The fourth-order valence-corrected chi connectivity index (χ4v) is 1.85. The van der Waals surface area contributed by atoms with Crippen molar-refractivity contribution in [2.75, 3.05) is 6.54 Å². The Balaban J connectivity index is 2.09. The fraction of sp³-hybridized carbons (Fsp3) is 0.125. The molecule has 0 fully saturated rings. The highest BCUT2D eigenvalue weighted by atomic mass is 19.1. The van der Waals surface area contributed by atoms with Crippen LogP contribution in [0.15, 0.2) is 36.4 Å². The third-order valence-electron chi connectivity index (χ3n) is 2.98. The van der Waals surface area contributed by atoms with Crippen LogP contribution in [0.5, 0.6) is 5.75 Å². The number of nitrogens with two attached hydrogens (primary N) is 1. The summed E-state index contributed by atoms with van der Waals surface area (Å²) in [6, 6.07) is 7.07. The summed E-state index contributed by atoms with van der Waals surface area (Å²) in [5, 5.41) is 1.99. The van der Waals surface area contributed by atoms with Crippen molar-refractivity contribution in [2.45, 2.75) is 6.61 Å². The lowest BCUT2D eigenvalue weighted by atomic mass is 10.1. The molecule has 2 amide bonds. The van der Waals surface area contributed by atoms with Crippen LogP contribution in [0.25, 0.3) is 0 Å². The number of ether oxygens (including phenoxy) is 1. The Kier molecular flexibility index (Phi) is 5.41. The molecule has 126 valence electrons. The molecule has 0 bridgehead atoms. The summed E-state index contributed by atoms with van der Waals surface area (Å²) in [6.45, 7) is -0.576. The Morgan fingerprint density at radius 2 is 1.62 bits per heavy atom. The number of rotatable bonds is 6. The van der Waals surface area contributed by atoms with E-state index in [4.69, 9.17) is 10.5 Å². The van der Waals surface area contributed by atoms with Crippen LogP contribution >= 0.6 is 0 Å². The van der Waals surface area contributed by atoms with Crippen molar-refractivity contribution in [3.63, 3.8) is 0 Å². The van der Waals surface area contributed by atoms with E-state index in [2.05, 4.69) is 0 Å². The van der Waals surface area contributed by atoms with Crippen molar-refractivity contribution in [1.82, 2.24) is 5.32 Å². The van der Waals surface area contributed by atoms with E-state index in [-0.39, 0.29) is 12.4 Å². The van der Waals surface area contributed by atoms with E-state index in [0.29, 0.717) is 5.56 Å². The summed E-state index contributed by atoms with van der Waals surface area (Å²) in [5.74, 6) is -4.79. The molecule has 0 aliphatic heterocycles. The van der Waals surface area contributed by atoms with Gasteiger partial charge in [-0.1, -0.05) is 12.1 Å². The first kappa shape index (κ1) is 17.3. The normalized spacial score (nSPS) is 10.3. The molecule has 0 aliphatic rings. The topological polar surface area (TPSA) is 81.4 Å². The van der Waals surface area contributed by atoms with Crippen LogP contribution in [0.4, 0.5) is 13.2 Å². The number of benzene rings is 2. The standard InChI is InChI=1S/C16H13F3N2O3/c17-10-3-1-9(2-4-10)8-24-11-5-12(18)15(13(19)6-11)16(23)21-7-14(20)22/h1-6H,7-8H2,(H2,20,22)(H,21,23). The third kappa shape index (κ3) is 4.48. The van der Waals surface area contributed by atoms with Crippen LogP contribution in [0, 0.1) is 17.5 Å². The first-order valence-corrected chi connectivity index (χ1v) is 6.79. The lowest BCUT2D eigenvalue weighted by molar-refractivity contribution is -0.117. The number of hydrogen-bond acceptors (Lipinski definition) is 3. The molecule has 8 heteroatoms. The number of halogens is 3. The number of carbonyl (C=O) groups is 2. The van der Waals surface area contributed by atoms with Gasteiger partial charge in [0.1, 0.15) is 35.4 Å². The van der Waals surface area contributed by atoms with E-state index in [9.17, 15) is 22.8 Å². The average molecular weight is 338 g/mol. The van der Waals surface area contributed by atoms with Gasteiger partial charge in [0, 0.05) is 12.1 Å². The molecule has 0 aliphatic carbocycles. The molecule has 0 saturated heterocycles. The lowest BCUT2D eigenvalue weighted by Gasteiger charge is -2.10. The second-order valence-electron chi connectivity index (χ2n) is 4.83. The molecule has 24 heavy (non-hydrogen) atoms. The molecule has 0 aromatic heterocycles. The largest absolute Gasteiger partial charge is 0.489 e. The molecule has 0 atom stereocenters. The van der Waals surface area contributed by atoms with Gasteiger partial charge < -0.3 is 15.8 Å². The predicted octanol–water partition coefficient (Wildman–Crippen LogP) is 1.90. The average Bonchev–Trinajstić information content (AvgIpc) is 2.51. The van der Waals surface area contributed by atoms with Crippen molar-refractivity contribution < 1.29 is 27.5 Å². The van der Waals surface area contributed by atoms with Gasteiger partial charge in [-0.15, -0.1) is 0 Å². The molecule has 0 spiro atoms. The summed E-state index contributed by atoms with van der Waals surface area (Å²) in [4.78, 5) is 22.2. The lowest BCUT2D eigenvalue weighted by Crippen LogP contribution is -2.34. The van der Waals surface area contributed by atoms with E-state index >= 15 is 0 Å². The Labute approximate surface area is 135 Å². The Hall–Kier alpha value is -3.03. The van der Waals surface area contributed by atoms with Crippen LogP contribution < -0.4 is 15.8 Å². The van der Waals surface area contributed by atoms with Crippen LogP contribution in [-0.2, 0) is 11.4 Å². The first-order chi connectivity index (χ1) is 11.4. The molecule has 0 unspecified atom stereocenters. The summed E-state index contributed by atoms with van der Waals surface area (Å²) >= 11 is 0. The van der Waals surface area contributed by atoms with Gasteiger partial charge in [-0.2, -0.15) is 0 Å². The van der Waals surface area contributed by atoms with Crippen molar-refractivity contribution in [1.29, 1.82) is 0 Å². The summed E-state index contributed by atoms with van der Waals surface area (Å²) in [5.41, 5.74) is 4.59. The zero-order chi connectivity index (χ0) is 17.7. The van der Waals surface area contributed by atoms with E-state index in [1.807, 2.05) is 5.32 Å². The summed E-state index contributed by atoms with van der Waals surface area (Å²) < 4.78 is 45.8. The molecule has 0 radical (unpaired) electrons. The molecule has 3 N–H and O–H groups in total. The highest BCUT2D eigenvalue weighted by molar-refractivity contribution is 5.96. The summed E-state index contributed by atoms with van der Waals surface area (Å²) in [7, 11) is 0. The highest BCUT2D eigenvalue weighted by Crippen LogP contribution is 2.21. The smallest absolute Gasteiger partial charge is 0.257 e. The van der Waals surface area contributed by atoms with E-state index in [1.165, 1.54) is 24.3 Å². The van der Waals surface area contributed by atoms with Gasteiger partial charge in [0.2, 0.25) is 5.91 Å². The molecule has 0 saturated carbocycles. The molecule has 2 aromatic carbocycles. The van der Waals surface area contributed by atoms with Gasteiger partial charge in [0.15, 0.2) is 0 Å². The minimum atomic E-state index is -1.15.